The van der Waals surface area contributed by atoms with Crippen LogP contribution in [-0.4, -0.2) is 49.5 Å². The number of carbonyl (C=O) groups is 1. The molecule has 1 aliphatic carbocycles. The summed E-state index contributed by atoms with van der Waals surface area (Å²) >= 11 is 0. The summed E-state index contributed by atoms with van der Waals surface area (Å²) in [6.45, 7) is 2.33. The Morgan fingerprint density at radius 3 is 2.45 bits per heavy atom. The molecule has 38 heavy (non-hydrogen) atoms. The van der Waals surface area contributed by atoms with E-state index in [0.717, 1.165) is 12.0 Å². The average Bonchev–Trinajstić information content (AvgIpc) is 3.63. The highest BCUT2D eigenvalue weighted by atomic mass is 19.1. The lowest BCUT2D eigenvalue weighted by Crippen LogP contribution is -2.41. The van der Waals surface area contributed by atoms with E-state index in [2.05, 4.69) is 17.2 Å². The number of nitrogens with one attached hydrogen (secondary N) is 1. The maximum Gasteiger partial charge on any atom is 0.251 e. The first-order chi connectivity index (χ1) is 18.2. The van der Waals surface area contributed by atoms with Crippen molar-refractivity contribution in [2.75, 3.05) is 27.4 Å². The Morgan fingerprint density at radius 1 is 1.11 bits per heavy atom. The Morgan fingerprint density at radius 2 is 1.82 bits per heavy atom. The summed E-state index contributed by atoms with van der Waals surface area (Å²) in [6.07, 6.45) is 1.37. The largest absolute Gasteiger partial charge is 0.495 e. The van der Waals surface area contributed by atoms with E-state index in [1.807, 2.05) is 0 Å². The molecular weight excluding hydrogens is 494 g/mol. The molecule has 2 N–H and O–H groups in total. The summed E-state index contributed by atoms with van der Waals surface area (Å²) in [5.41, 5.74) is -0.490. The molecule has 0 bridgehead atoms. The van der Waals surface area contributed by atoms with Crippen molar-refractivity contribution in [3.05, 3.63) is 82.4 Å². The molecule has 4 rings (SSSR count). The number of aryl methyl sites for hydroxylation is 1. The van der Waals surface area contributed by atoms with Gasteiger partial charge in [0.2, 0.25) is 0 Å². The Balaban J connectivity index is 1.50. The maximum absolute atomic E-state index is 15.9. The van der Waals surface area contributed by atoms with Gasteiger partial charge in [0, 0.05) is 12.0 Å². The van der Waals surface area contributed by atoms with Crippen LogP contribution in [0.15, 0.2) is 48.5 Å². The molecule has 2 aromatic carbocycles. The summed E-state index contributed by atoms with van der Waals surface area (Å²) in [5.74, 6) is 0.989. The number of nitrogens with zero attached hydrogens (tertiary/aromatic N) is 1. The Labute approximate surface area is 220 Å². The van der Waals surface area contributed by atoms with E-state index in [0.29, 0.717) is 34.4 Å². The Bertz CT molecular complexity index is 1320. The lowest BCUT2D eigenvalue weighted by atomic mass is 9.99. The van der Waals surface area contributed by atoms with Crippen LogP contribution in [0, 0.1) is 18.7 Å². The van der Waals surface area contributed by atoms with Gasteiger partial charge in [-0.3, -0.25) is 9.78 Å². The van der Waals surface area contributed by atoms with Crippen molar-refractivity contribution in [3.63, 3.8) is 0 Å². The second kappa shape index (κ2) is 11.3. The first kappa shape index (κ1) is 27.3. The van der Waals surface area contributed by atoms with Gasteiger partial charge in [-0.15, -0.1) is 0 Å². The number of pyridine rings is 1. The molecule has 1 saturated carbocycles. The summed E-state index contributed by atoms with van der Waals surface area (Å²) < 4.78 is 46.3. The van der Waals surface area contributed by atoms with E-state index in [-0.39, 0.29) is 29.6 Å². The van der Waals surface area contributed by atoms with Crippen LogP contribution in [0.4, 0.5) is 8.78 Å². The lowest BCUT2D eigenvalue weighted by molar-refractivity contribution is 0.0591. The number of halogens is 2. The van der Waals surface area contributed by atoms with Crippen LogP contribution >= 0.6 is 0 Å². The van der Waals surface area contributed by atoms with Gasteiger partial charge in [-0.25, -0.2) is 8.78 Å². The van der Waals surface area contributed by atoms with Crippen molar-refractivity contribution in [1.29, 1.82) is 0 Å². The minimum atomic E-state index is -2.36. The number of ether oxygens (including phenoxy) is 3. The minimum Gasteiger partial charge on any atom is -0.495 e. The fraction of sp³-hybridized carbons (Fsp3) is 0.379. The molecule has 9 heteroatoms. The number of aliphatic hydroxyl groups excluding tert-OH is 1. The number of carbonyl (C=O) groups excluding carboxylic acids is 1. The molecule has 1 aliphatic rings. The standard InChI is InChI=1S/C29H32F2N2O5/c1-17-11-19(5-7-21(17)30)13-22-23(36-3)9-10-27(33-22)29(31,16-34)15-32-28(35)20-6-8-24(26(14-20)37-4)38-25-12-18(25)2/h5-11,14,18,25,34H,12-13,15-16H2,1-4H3,(H,32,35). The van der Waals surface area contributed by atoms with Gasteiger partial charge in [0.1, 0.15) is 17.7 Å². The van der Waals surface area contributed by atoms with E-state index in [9.17, 15) is 14.3 Å². The highest BCUT2D eigenvalue weighted by Gasteiger charge is 2.36. The van der Waals surface area contributed by atoms with Crippen molar-refractivity contribution in [3.8, 4) is 17.2 Å². The maximum atomic E-state index is 15.9. The highest BCUT2D eigenvalue weighted by molar-refractivity contribution is 5.95. The Kier molecular flexibility index (Phi) is 8.16. The lowest BCUT2D eigenvalue weighted by Gasteiger charge is -2.24. The van der Waals surface area contributed by atoms with Gasteiger partial charge in [-0.1, -0.05) is 19.1 Å². The zero-order valence-corrected chi connectivity index (χ0v) is 21.9. The second-order valence-electron chi connectivity index (χ2n) is 9.65. The van der Waals surface area contributed by atoms with E-state index in [4.69, 9.17) is 14.2 Å². The molecule has 1 heterocycles. The van der Waals surface area contributed by atoms with Crippen LogP contribution in [0.3, 0.4) is 0 Å². The topological polar surface area (TPSA) is 89.9 Å². The summed E-state index contributed by atoms with van der Waals surface area (Å²) in [5, 5.41) is 12.5. The SMILES string of the molecule is COc1cc(C(=O)NCC(F)(CO)c2ccc(OC)c(Cc3ccc(F)c(C)c3)n2)ccc1OC1CC1C. The molecule has 1 aromatic heterocycles. The third-order valence-electron chi connectivity index (χ3n) is 6.72. The number of rotatable bonds is 11. The van der Waals surface area contributed by atoms with Crippen molar-refractivity contribution in [2.45, 2.75) is 38.5 Å². The molecule has 7 nitrogen and oxygen atoms in total. The molecule has 202 valence electrons. The zero-order valence-electron chi connectivity index (χ0n) is 21.9. The third-order valence-corrected chi connectivity index (χ3v) is 6.72. The zero-order chi connectivity index (χ0) is 27.4. The second-order valence-corrected chi connectivity index (χ2v) is 9.65. The predicted molar refractivity (Wildman–Crippen MR) is 138 cm³/mol. The number of aliphatic hydroxyl groups is 1. The molecule has 0 saturated heterocycles. The van der Waals surface area contributed by atoms with Gasteiger partial charge in [0.15, 0.2) is 17.2 Å². The van der Waals surface area contributed by atoms with E-state index in [1.165, 1.54) is 32.4 Å². The highest BCUT2D eigenvalue weighted by Crippen LogP contribution is 2.38. The number of hydrogen-bond donors (Lipinski definition) is 2. The number of hydrogen-bond acceptors (Lipinski definition) is 6. The van der Waals surface area contributed by atoms with Gasteiger partial charge in [-0.2, -0.15) is 0 Å². The van der Waals surface area contributed by atoms with Gasteiger partial charge < -0.3 is 24.6 Å². The number of aromatic nitrogens is 1. The van der Waals surface area contributed by atoms with Crippen LogP contribution in [0.5, 0.6) is 17.2 Å². The van der Waals surface area contributed by atoms with Crippen LogP contribution < -0.4 is 19.5 Å². The summed E-state index contributed by atoms with van der Waals surface area (Å²) in [6, 6.07) is 12.4. The molecule has 1 amide bonds. The van der Waals surface area contributed by atoms with Crippen molar-refractivity contribution >= 4 is 5.91 Å². The van der Waals surface area contributed by atoms with Crippen LogP contribution in [-0.2, 0) is 12.1 Å². The average molecular weight is 527 g/mol. The molecule has 0 aliphatic heterocycles. The fourth-order valence-corrected chi connectivity index (χ4v) is 4.13. The summed E-state index contributed by atoms with van der Waals surface area (Å²) in [4.78, 5) is 17.3. The monoisotopic (exact) mass is 526 g/mol. The molecule has 0 radical (unpaired) electrons. The van der Waals surface area contributed by atoms with Crippen LogP contribution in [0.1, 0.15) is 46.2 Å². The van der Waals surface area contributed by atoms with E-state index >= 15 is 4.39 Å². The first-order valence-electron chi connectivity index (χ1n) is 12.4. The number of benzene rings is 2. The number of alkyl halides is 1. The predicted octanol–water partition coefficient (Wildman–Crippen LogP) is 4.51. The van der Waals surface area contributed by atoms with Crippen LogP contribution in [0.25, 0.3) is 0 Å². The first-order valence-corrected chi connectivity index (χ1v) is 12.4. The van der Waals surface area contributed by atoms with Crippen molar-refractivity contribution in [2.24, 2.45) is 5.92 Å². The normalized spacial score (nSPS) is 17.9. The molecule has 1 fully saturated rings. The Hall–Kier alpha value is -3.72. The van der Waals surface area contributed by atoms with Gasteiger partial charge in [0.05, 0.1) is 38.8 Å². The third kappa shape index (κ3) is 6.05. The van der Waals surface area contributed by atoms with Gasteiger partial charge >= 0.3 is 0 Å². The molecular formula is C29H32F2N2O5. The minimum absolute atomic E-state index is 0.0604. The van der Waals surface area contributed by atoms with Gasteiger partial charge in [0.25, 0.3) is 5.91 Å². The van der Waals surface area contributed by atoms with Crippen LogP contribution in [0.2, 0.25) is 0 Å². The molecule has 3 atom stereocenters. The smallest absolute Gasteiger partial charge is 0.251 e. The molecule has 3 unspecified atom stereocenters. The van der Waals surface area contributed by atoms with Crippen molar-refractivity contribution in [1.82, 2.24) is 10.3 Å². The molecule has 0 spiro atoms. The number of methoxy groups -OCH3 is 2. The van der Waals surface area contributed by atoms with E-state index < -0.39 is 24.7 Å². The fourth-order valence-electron chi connectivity index (χ4n) is 4.13. The van der Waals surface area contributed by atoms with Crippen molar-refractivity contribution < 1.29 is 32.9 Å². The quantitative estimate of drug-likeness (QED) is 0.382. The van der Waals surface area contributed by atoms with E-state index in [1.54, 1.807) is 37.3 Å². The molecule has 3 aromatic rings. The number of amides is 1. The van der Waals surface area contributed by atoms with Gasteiger partial charge in [-0.05, 0) is 66.8 Å². The summed E-state index contributed by atoms with van der Waals surface area (Å²) in [7, 11) is 2.96.